The van der Waals surface area contributed by atoms with Crippen LogP contribution in [0.3, 0.4) is 0 Å². The molecule has 3 nitrogen and oxygen atoms in total. The van der Waals surface area contributed by atoms with E-state index in [1.807, 2.05) is 29.9 Å². The van der Waals surface area contributed by atoms with Gasteiger partial charge in [-0.05, 0) is 36.7 Å². The molecule has 0 bridgehead atoms. The highest BCUT2D eigenvalue weighted by Gasteiger charge is 2.16. The summed E-state index contributed by atoms with van der Waals surface area (Å²) in [5.74, 6) is -0.210. The van der Waals surface area contributed by atoms with Crippen molar-refractivity contribution in [2.45, 2.75) is 19.4 Å². The molecule has 18 heavy (non-hydrogen) atoms. The smallest absolute Gasteiger partial charge is 0.123 e. The Balaban J connectivity index is 2.30. The van der Waals surface area contributed by atoms with Gasteiger partial charge in [0.2, 0.25) is 0 Å². The summed E-state index contributed by atoms with van der Waals surface area (Å²) in [6, 6.07) is 8.65. The van der Waals surface area contributed by atoms with Crippen molar-refractivity contribution in [2.75, 3.05) is 6.54 Å². The molecule has 96 valence electrons. The fourth-order valence-electron chi connectivity index (χ4n) is 2.00. The molecule has 2 aromatic rings. The number of nitrogens with zero attached hydrogens (tertiary/aromatic N) is 2. The van der Waals surface area contributed by atoms with Crippen LogP contribution >= 0.6 is 0 Å². The molecule has 1 N–H and O–H groups in total. The van der Waals surface area contributed by atoms with Gasteiger partial charge in [0.05, 0.1) is 11.7 Å². The molecule has 1 heterocycles. The maximum atomic E-state index is 13.0. The van der Waals surface area contributed by atoms with Crippen molar-refractivity contribution < 1.29 is 4.39 Å². The zero-order valence-electron chi connectivity index (χ0n) is 10.7. The zero-order chi connectivity index (χ0) is 13.0. The van der Waals surface area contributed by atoms with Crippen LogP contribution in [0.4, 0.5) is 4.39 Å². The number of rotatable bonds is 5. The Morgan fingerprint density at radius 3 is 2.56 bits per heavy atom. The topological polar surface area (TPSA) is 29.9 Å². The lowest BCUT2D eigenvalue weighted by Gasteiger charge is -2.19. The molecule has 0 spiro atoms. The molecule has 4 heteroatoms. The van der Waals surface area contributed by atoms with Gasteiger partial charge in [0.15, 0.2) is 0 Å². The van der Waals surface area contributed by atoms with Crippen LogP contribution in [0, 0.1) is 5.82 Å². The molecule has 2 rings (SSSR count). The normalized spacial score (nSPS) is 12.6. The molecule has 0 fully saturated rings. The highest BCUT2D eigenvalue weighted by Crippen LogP contribution is 2.21. The van der Waals surface area contributed by atoms with Crippen molar-refractivity contribution in [3.05, 3.63) is 53.6 Å². The third-order valence-corrected chi connectivity index (χ3v) is 2.96. The lowest BCUT2D eigenvalue weighted by Crippen LogP contribution is -2.25. The second kappa shape index (κ2) is 5.78. The average Bonchev–Trinajstić information content (AvgIpc) is 2.78. The van der Waals surface area contributed by atoms with Crippen molar-refractivity contribution in [2.24, 2.45) is 7.05 Å². The van der Waals surface area contributed by atoms with Crippen molar-refractivity contribution in [1.29, 1.82) is 0 Å². The molecule has 0 aliphatic heterocycles. The fraction of sp³-hybridized carbons (Fsp3) is 0.357. The maximum Gasteiger partial charge on any atom is 0.123 e. The number of benzene rings is 1. The third kappa shape index (κ3) is 2.76. The van der Waals surface area contributed by atoms with Crippen LogP contribution in [0.5, 0.6) is 0 Å². The Labute approximate surface area is 107 Å². The van der Waals surface area contributed by atoms with E-state index in [1.165, 1.54) is 12.1 Å². The molecule has 1 aromatic heterocycles. The minimum atomic E-state index is -0.210. The first-order valence-electron chi connectivity index (χ1n) is 6.19. The highest BCUT2D eigenvalue weighted by atomic mass is 19.1. The van der Waals surface area contributed by atoms with Gasteiger partial charge in [-0.1, -0.05) is 19.1 Å². The monoisotopic (exact) mass is 247 g/mol. The summed E-state index contributed by atoms with van der Waals surface area (Å²) in [5, 5.41) is 7.66. The molecule has 0 aliphatic carbocycles. The molecule has 1 unspecified atom stereocenters. The number of aryl methyl sites for hydroxylation is 1. The fourth-order valence-corrected chi connectivity index (χ4v) is 2.00. The van der Waals surface area contributed by atoms with E-state index in [4.69, 9.17) is 0 Å². The summed E-state index contributed by atoms with van der Waals surface area (Å²) in [5.41, 5.74) is 2.13. The maximum absolute atomic E-state index is 13.0. The Morgan fingerprint density at radius 1 is 1.28 bits per heavy atom. The number of aromatic nitrogens is 2. The van der Waals surface area contributed by atoms with Crippen LogP contribution in [-0.4, -0.2) is 16.3 Å². The van der Waals surface area contributed by atoms with E-state index in [9.17, 15) is 4.39 Å². The second-order valence-electron chi connectivity index (χ2n) is 4.32. The summed E-state index contributed by atoms with van der Waals surface area (Å²) in [7, 11) is 1.92. The van der Waals surface area contributed by atoms with E-state index in [2.05, 4.69) is 17.3 Å². The van der Waals surface area contributed by atoms with Gasteiger partial charge in [0.25, 0.3) is 0 Å². The van der Waals surface area contributed by atoms with Crippen LogP contribution in [0.1, 0.15) is 30.6 Å². The van der Waals surface area contributed by atoms with Gasteiger partial charge in [-0.2, -0.15) is 5.10 Å². The first-order valence-corrected chi connectivity index (χ1v) is 6.19. The van der Waals surface area contributed by atoms with Gasteiger partial charge in [-0.15, -0.1) is 0 Å². The van der Waals surface area contributed by atoms with Crippen LogP contribution in [0.25, 0.3) is 0 Å². The van der Waals surface area contributed by atoms with Crippen molar-refractivity contribution in [3.63, 3.8) is 0 Å². The van der Waals surface area contributed by atoms with Gasteiger partial charge in [-0.25, -0.2) is 4.39 Å². The summed E-state index contributed by atoms with van der Waals surface area (Å²) < 4.78 is 14.8. The molecule has 0 saturated heterocycles. The summed E-state index contributed by atoms with van der Waals surface area (Å²) in [6.07, 6.45) is 2.83. The quantitative estimate of drug-likeness (QED) is 0.880. The molecular weight excluding hydrogens is 229 g/mol. The van der Waals surface area contributed by atoms with Crippen LogP contribution < -0.4 is 5.32 Å². The third-order valence-electron chi connectivity index (χ3n) is 2.96. The molecule has 0 aliphatic rings. The van der Waals surface area contributed by atoms with Crippen LogP contribution in [0.15, 0.2) is 36.5 Å². The standard InChI is InChI=1S/C14H18FN3/c1-3-9-16-14(13-8-10-17-18(13)2)11-4-6-12(15)7-5-11/h4-8,10,14,16H,3,9H2,1-2H3. The van der Waals surface area contributed by atoms with E-state index in [0.717, 1.165) is 24.2 Å². The van der Waals surface area contributed by atoms with Crippen LogP contribution in [0.2, 0.25) is 0 Å². The first kappa shape index (κ1) is 12.8. The van der Waals surface area contributed by atoms with E-state index in [0.29, 0.717) is 0 Å². The van der Waals surface area contributed by atoms with E-state index in [1.54, 1.807) is 6.20 Å². The average molecular weight is 247 g/mol. The Morgan fingerprint density at radius 2 is 2.00 bits per heavy atom. The van der Waals surface area contributed by atoms with E-state index in [-0.39, 0.29) is 11.9 Å². The molecule has 0 radical (unpaired) electrons. The molecular formula is C14H18FN3. The Bertz CT molecular complexity index is 490. The van der Waals surface area contributed by atoms with Gasteiger partial charge >= 0.3 is 0 Å². The Kier molecular flexibility index (Phi) is 4.10. The zero-order valence-corrected chi connectivity index (χ0v) is 10.7. The predicted molar refractivity (Wildman–Crippen MR) is 69.7 cm³/mol. The van der Waals surface area contributed by atoms with Crippen molar-refractivity contribution >= 4 is 0 Å². The Hall–Kier alpha value is -1.68. The molecule has 0 saturated carbocycles. The first-order chi connectivity index (χ1) is 8.72. The minimum absolute atomic E-state index is 0.0537. The number of hydrogen-bond donors (Lipinski definition) is 1. The van der Waals surface area contributed by atoms with E-state index >= 15 is 0 Å². The lowest BCUT2D eigenvalue weighted by atomic mass is 10.0. The van der Waals surface area contributed by atoms with Gasteiger partial charge in [-0.3, -0.25) is 4.68 Å². The highest BCUT2D eigenvalue weighted by molar-refractivity contribution is 5.27. The summed E-state index contributed by atoms with van der Waals surface area (Å²) in [6.45, 7) is 3.03. The second-order valence-corrected chi connectivity index (χ2v) is 4.32. The predicted octanol–water partition coefficient (Wildman–Crippen LogP) is 2.65. The van der Waals surface area contributed by atoms with Crippen molar-refractivity contribution in [1.82, 2.24) is 15.1 Å². The lowest BCUT2D eigenvalue weighted by molar-refractivity contribution is 0.551. The summed E-state index contributed by atoms with van der Waals surface area (Å²) >= 11 is 0. The minimum Gasteiger partial charge on any atom is -0.305 e. The SMILES string of the molecule is CCCNC(c1ccc(F)cc1)c1ccnn1C. The number of halogens is 1. The number of hydrogen-bond acceptors (Lipinski definition) is 2. The van der Waals surface area contributed by atoms with Gasteiger partial charge in [0, 0.05) is 13.2 Å². The van der Waals surface area contributed by atoms with Crippen LogP contribution in [-0.2, 0) is 7.05 Å². The number of nitrogens with one attached hydrogen (secondary N) is 1. The molecule has 1 atom stereocenters. The van der Waals surface area contributed by atoms with Gasteiger partial charge < -0.3 is 5.32 Å². The van der Waals surface area contributed by atoms with Gasteiger partial charge in [0.1, 0.15) is 5.82 Å². The largest absolute Gasteiger partial charge is 0.305 e. The summed E-state index contributed by atoms with van der Waals surface area (Å²) in [4.78, 5) is 0. The van der Waals surface area contributed by atoms with Crippen molar-refractivity contribution in [3.8, 4) is 0 Å². The molecule has 0 amide bonds. The molecule has 1 aromatic carbocycles. The van der Waals surface area contributed by atoms with E-state index < -0.39 is 0 Å².